The van der Waals surface area contributed by atoms with Crippen molar-refractivity contribution in [1.29, 1.82) is 0 Å². The molecule has 5 rings (SSSR count). The fourth-order valence-corrected chi connectivity index (χ4v) is 4.65. The van der Waals surface area contributed by atoms with Crippen LogP contribution in [0.5, 0.6) is 0 Å². The highest BCUT2D eigenvalue weighted by Gasteiger charge is 2.14. The summed E-state index contributed by atoms with van der Waals surface area (Å²) in [6.45, 7) is 4.24. The van der Waals surface area contributed by atoms with Gasteiger partial charge in [-0.25, -0.2) is 4.98 Å². The van der Waals surface area contributed by atoms with E-state index < -0.39 is 0 Å². The molecule has 0 saturated heterocycles. The topological polar surface area (TPSA) is 64.0 Å². The Morgan fingerprint density at radius 1 is 0.938 bits per heavy atom. The molecule has 32 heavy (non-hydrogen) atoms. The zero-order chi connectivity index (χ0) is 22.2. The number of aryl methyl sites for hydroxylation is 2. The second-order valence-electron chi connectivity index (χ2n) is 7.83. The molecule has 158 valence electrons. The number of pyridine rings is 1. The van der Waals surface area contributed by atoms with E-state index in [0.717, 1.165) is 22.3 Å². The first kappa shape index (κ1) is 20.2. The number of nitrogens with zero attached hydrogens (tertiary/aromatic N) is 2. The molecule has 0 bridgehead atoms. The van der Waals surface area contributed by atoms with Gasteiger partial charge >= 0.3 is 0 Å². The molecule has 6 heteroatoms. The van der Waals surface area contributed by atoms with Crippen LogP contribution in [-0.2, 0) is 11.3 Å². The monoisotopic (exact) mass is 439 g/mol. The predicted molar refractivity (Wildman–Crippen MR) is 131 cm³/mol. The molecule has 0 spiro atoms. The number of hydrogen-bond donors (Lipinski definition) is 1. The van der Waals surface area contributed by atoms with Crippen molar-refractivity contribution in [2.24, 2.45) is 0 Å². The maximum atomic E-state index is 13.0. The lowest BCUT2D eigenvalue weighted by Gasteiger charge is -2.14. The third-order valence-corrected chi connectivity index (χ3v) is 6.49. The van der Waals surface area contributed by atoms with Crippen molar-refractivity contribution >= 4 is 44.2 Å². The van der Waals surface area contributed by atoms with E-state index in [1.807, 2.05) is 52.4 Å². The van der Waals surface area contributed by atoms with Crippen LogP contribution in [0.15, 0.2) is 76.9 Å². The molecule has 3 aromatic carbocycles. The first-order valence-electron chi connectivity index (χ1n) is 10.3. The molecule has 0 aliphatic rings. The quantitative estimate of drug-likeness (QED) is 0.374. The minimum Gasteiger partial charge on any atom is -0.331 e. The lowest BCUT2D eigenvalue weighted by atomic mass is 10.1. The summed E-state index contributed by atoms with van der Waals surface area (Å²) in [4.78, 5) is 30.4. The van der Waals surface area contributed by atoms with E-state index in [4.69, 9.17) is 0 Å². The number of amides is 1. The second-order valence-corrected chi connectivity index (χ2v) is 8.69. The summed E-state index contributed by atoms with van der Waals surface area (Å²) in [6.07, 6.45) is 0. The van der Waals surface area contributed by atoms with Crippen molar-refractivity contribution < 1.29 is 4.79 Å². The third-order valence-electron chi connectivity index (χ3n) is 5.73. The molecule has 5 aromatic rings. The summed E-state index contributed by atoms with van der Waals surface area (Å²) in [7, 11) is 0. The van der Waals surface area contributed by atoms with Gasteiger partial charge in [-0.1, -0.05) is 36.4 Å². The van der Waals surface area contributed by atoms with Crippen LogP contribution in [0.1, 0.15) is 11.1 Å². The first-order valence-corrected chi connectivity index (χ1v) is 11.2. The van der Waals surface area contributed by atoms with Gasteiger partial charge in [0.15, 0.2) is 10.6 Å². The Morgan fingerprint density at radius 2 is 1.59 bits per heavy atom. The molecule has 0 saturated carbocycles. The highest BCUT2D eigenvalue weighted by molar-refractivity contribution is 7.14. The van der Waals surface area contributed by atoms with Crippen LogP contribution < -0.4 is 10.7 Å². The van der Waals surface area contributed by atoms with Gasteiger partial charge in [0.1, 0.15) is 6.54 Å². The summed E-state index contributed by atoms with van der Waals surface area (Å²) < 4.78 is 1.89. The number of hydrogen-bond acceptors (Lipinski definition) is 4. The molecule has 0 fully saturated rings. The van der Waals surface area contributed by atoms with E-state index in [9.17, 15) is 9.59 Å². The van der Waals surface area contributed by atoms with Crippen molar-refractivity contribution in [1.82, 2.24) is 9.55 Å². The van der Waals surface area contributed by atoms with Gasteiger partial charge < -0.3 is 9.88 Å². The van der Waals surface area contributed by atoms with Crippen molar-refractivity contribution in [2.75, 3.05) is 5.32 Å². The Morgan fingerprint density at radius 3 is 2.25 bits per heavy atom. The van der Waals surface area contributed by atoms with Crippen molar-refractivity contribution in [3.63, 3.8) is 0 Å². The number of fused-ring (bicyclic) bond motifs is 2. The van der Waals surface area contributed by atoms with Crippen LogP contribution >= 0.6 is 11.3 Å². The maximum Gasteiger partial charge on any atom is 0.246 e. The number of anilines is 1. The van der Waals surface area contributed by atoms with Crippen molar-refractivity contribution in [3.05, 3.63) is 93.5 Å². The van der Waals surface area contributed by atoms with Crippen molar-refractivity contribution in [3.8, 4) is 11.3 Å². The number of carbonyl (C=O) groups excluding carboxylic acids is 1. The number of rotatable bonds is 4. The molecule has 1 N–H and O–H groups in total. The first-order chi connectivity index (χ1) is 15.5. The molecule has 0 unspecified atom stereocenters. The fourth-order valence-electron chi connectivity index (χ4n) is 3.91. The number of aromatic nitrogens is 2. The number of benzene rings is 3. The van der Waals surface area contributed by atoms with E-state index in [1.165, 1.54) is 22.5 Å². The van der Waals surface area contributed by atoms with E-state index in [2.05, 4.69) is 36.3 Å². The Labute approximate surface area is 189 Å². The van der Waals surface area contributed by atoms with E-state index >= 15 is 0 Å². The molecule has 1 amide bonds. The summed E-state index contributed by atoms with van der Waals surface area (Å²) in [6, 6.07) is 21.0. The molecular formula is C26H21N3O2S. The molecule has 0 radical (unpaired) electrons. The van der Waals surface area contributed by atoms with E-state index in [0.29, 0.717) is 15.9 Å². The van der Waals surface area contributed by atoms with Crippen LogP contribution in [-0.4, -0.2) is 15.5 Å². The number of thiazole rings is 1. The fraction of sp³-hybridized carbons (Fsp3) is 0.115. The van der Waals surface area contributed by atoms with Crippen LogP contribution in [0, 0.1) is 13.8 Å². The standard InChI is InChI=1S/C26H21N3O2S/c1-16-11-12-18(13-17(16)2)21-15-32-26(27-21)28-24(30)14-29-22-9-5-3-7-19(22)25(31)20-8-4-6-10-23(20)29/h3-13,15H,14H2,1-2H3,(H,27,28,30). The van der Waals surface area contributed by atoms with Crippen LogP contribution in [0.3, 0.4) is 0 Å². The van der Waals surface area contributed by atoms with Crippen LogP contribution in [0.4, 0.5) is 5.13 Å². The Kier molecular flexibility index (Phi) is 5.07. The number of para-hydroxylation sites is 2. The normalized spacial score (nSPS) is 11.2. The van der Waals surface area contributed by atoms with Gasteiger partial charge in [-0.05, 0) is 55.3 Å². The van der Waals surface area contributed by atoms with E-state index in [1.54, 1.807) is 12.1 Å². The largest absolute Gasteiger partial charge is 0.331 e. The SMILES string of the molecule is Cc1ccc(-c2csc(NC(=O)Cn3c4ccccc4c(=O)c4ccccc43)n2)cc1C. The average molecular weight is 440 g/mol. The second kappa shape index (κ2) is 8.05. The van der Waals surface area contributed by atoms with Gasteiger partial charge in [-0.3, -0.25) is 9.59 Å². The van der Waals surface area contributed by atoms with Gasteiger partial charge in [0.2, 0.25) is 5.91 Å². The zero-order valence-electron chi connectivity index (χ0n) is 17.8. The molecule has 0 atom stereocenters. The van der Waals surface area contributed by atoms with E-state index in [-0.39, 0.29) is 17.9 Å². The summed E-state index contributed by atoms with van der Waals surface area (Å²) in [5, 5.41) is 6.63. The molecule has 2 aromatic heterocycles. The predicted octanol–water partition coefficient (Wildman–Crippen LogP) is 5.53. The van der Waals surface area contributed by atoms with Gasteiger partial charge in [-0.15, -0.1) is 11.3 Å². The van der Waals surface area contributed by atoms with Gasteiger partial charge in [0.25, 0.3) is 0 Å². The highest BCUT2D eigenvalue weighted by Crippen LogP contribution is 2.27. The summed E-state index contributed by atoms with van der Waals surface area (Å²) >= 11 is 1.40. The highest BCUT2D eigenvalue weighted by atomic mass is 32.1. The van der Waals surface area contributed by atoms with Gasteiger partial charge in [-0.2, -0.15) is 0 Å². The van der Waals surface area contributed by atoms with Crippen molar-refractivity contribution in [2.45, 2.75) is 20.4 Å². The smallest absolute Gasteiger partial charge is 0.246 e. The third kappa shape index (κ3) is 3.59. The maximum absolute atomic E-state index is 13.0. The zero-order valence-corrected chi connectivity index (χ0v) is 18.6. The molecular weight excluding hydrogens is 418 g/mol. The Balaban J connectivity index is 1.46. The average Bonchev–Trinajstić information content (AvgIpc) is 3.27. The molecule has 0 aliphatic heterocycles. The van der Waals surface area contributed by atoms with Crippen LogP contribution in [0.2, 0.25) is 0 Å². The summed E-state index contributed by atoms with van der Waals surface area (Å²) in [5.74, 6) is -0.190. The molecule has 5 nitrogen and oxygen atoms in total. The minimum atomic E-state index is -0.190. The Hall–Kier alpha value is -3.77. The van der Waals surface area contributed by atoms with Gasteiger partial charge in [0.05, 0.1) is 16.7 Å². The lowest BCUT2D eigenvalue weighted by molar-refractivity contribution is -0.116. The Bertz CT molecular complexity index is 1490. The minimum absolute atomic E-state index is 0.0224. The van der Waals surface area contributed by atoms with Crippen LogP contribution in [0.25, 0.3) is 33.1 Å². The molecule has 0 aliphatic carbocycles. The lowest BCUT2D eigenvalue weighted by Crippen LogP contribution is -2.21. The number of nitrogens with one attached hydrogen (secondary N) is 1. The van der Waals surface area contributed by atoms with Gasteiger partial charge in [0, 0.05) is 21.7 Å². The summed E-state index contributed by atoms with van der Waals surface area (Å²) in [5.41, 5.74) is 5.76. The molecule has 2 heterocycles. The number of carbonyl (C=O) groups is 1.